The number of hydrogen-bond acceptors (Lipinski definition) is 4. The van der Waals surface area contributed by atoms with Gasteiger partial charge in [-0.1, -0.05) is 12.1 Å². The lowest BCUT2D eigenvalue weighted by Crippen LogP contribution is -2.20. The SMILES string of the molecule is COc1ccc(CN2CC[C@H](c3cc(=O)[nH]c(C)n3)C2)cc1. The third kappa shape index (κ3) is 3.36. The van der Waals surface area contributed by atoms with Crippen LogP contribution >= 0.6 is 0 Å². The Balaban J connectivity index is 1.65. The Hall–Kier alpha value is -2.14. The molecule has 2 heterocycles. The van der Waals surface area contributed by atoms with Crippen LogP contribution < -0.4 is 10.3 Å². The fraction of sp³-hybridized carbons (Fsp3) is 0.412. The van der Waals surface area contributed by atoms with E-state index < -0.39 is 0 Å². The minimum atomic E-state index is -0.0592. The number of rotatable bonds is 4. The Morgan fingerprint density at radius 1 is 1.36 bits per heavy atom. The molecule has 0 unspecified atom stereocenters. The lowest BCUT2D eigenvalue weighted by Gasteiger charge is -2.16. The molecule has 1 aromatic carbocycles. The molecule has 1 aliphatic heterocycles. The number of aromatic nitrogens is 2. The van der Waals surface area contributed by atoms with E-state index in [1.54, 1.807) is 13.2 Å². The van der Waals surface area contributed by atoms with Crippen molar-refractivity contribution < 1.29 is 4.74 Å². The van der Waals surface area contributed by atoms with Crippen LogP contribution in [0.2, 0.25) is 0 Å². The van der Waals surface area contributed by atoms with Crippen molar-refractivity contribution in [3.63, 3.8) is 0 Å². The molecule has 22 heavy (non-hydrogen) atoms. The molecule has 0 spiro atoms. The molecule has 0 bridgehead atoms. The smallest absolute Gasteiger partial charge is 0.251 e. The van der Waals surface area contributed by atoms with Crippen LogP contribution in [0.4, 0.5) is 0 Å². The lowest BCUT2D eigenvalue weighted by atomic mass is 10.0. The van der Waals surface area contributed by atoms with E-state index in [1.165, 1.54) is 5.56 Å². The van der Waals surface area contributed by atoms with Crippen LogP contribution in [-0.2, 0) is 6.54 Å². The van der Waals surface area contributed by atoms with E-state index in [4.69, 9.17) is 4.74 Å². The minimum Gasteiger partial charge on any atom is -0.497 e. The number of nitrogens with zero attached hydrogens (tertiary/aromatic N) is 2. The fourth-order valence-electron chi connectivity index (χ4n) is 3.02. The van der Waals surface area contributed by atoms with Gasteiger partial charge in [0.15, 0.2) is 0 Å². The van der Waals surface area contributed by atoms with Gasteiger partial charge in [-0.3, -0.25) is 9.69 Å². The predicted molar refractivity (Wildman–Crippen MR) is 85.2 cm³/mol. The molecule has 2 aromatic rings. The van der Waals surface area contributed by atoms with E-state index >= 15 is 0 Å². The van der Waals surface area contributed by atoms with Gasteiger partial charge in [0.25, 0.3) is 5.56 Å². The largest absolute Gasteiger partial charge is 0.497 e. The van der Waals surface area contributed by atoms with Crippen molar-refractivity contribution in [2.75, 3.05) is 20.2 Å². The second kappa shape index (κ2) is 6.32. The van der Waals surface area contributed by atoms with Crippen LogP contribution in [0.3, 0.4) is 0 Å². The zero-order valence-corrected chi connectivity index (χ0v) is 13.0. The van der Waals surface area contributed by atoms with Gasteiger partial charge >= 0.3 is 0 Å². The number of aromatic amines is 1. The maximum atomic E-state index is 11.6. The molecular weight excluding hydrogens is 278 g/mol. The van der Waals surface area contributed by atoms with Gasteiger partial charge < -0.3 is 9.72 Å². The summed E-state index contributed by atoms with van der Waals surface area (Å²) >= 11 is 0. The number of H-pyrrole nitrogens is 1. The monoisotopic (exact) mass is 299 g/mol. The molecule has 0 saturated carbocycles. The van der Waals surface area contributed by atoms with Crippen LogP contribution in [0.1, 0.15) is 29.4 Å². The summed E-state index contributed by atoms with van der Waals surface area (Å²) in [4.78, 5) is 21.2. The van der Waals surface area contributed by atoms with E-state index in [0.717, 1.165) is 37.5 Å². The van der Waals surface area contributed by atoms with Crippen LogP contribution in [0.25, 0.3) is 0 Å². The summed E-state index contributed by atoms with van der Waals surface area (Å²) in [5.74, 6) is 1.92. The first-order chi connectivity index (χ1) is 10.6. The normalized spacial score (nSPS) is 18.5. The Kier molecular flexibility index (Phi) is 4.24. The fourth-order valence-corrected chi connectivity index (χ4v) is 3.02. The molecule has 5 heteroatoms. The number of benzene rings is 1. The second-order valence-corrected chi connectivity index (χ2v) is 5.82. The van der Waals surface area contributed by atoms with Crippen LogP contribution in [0.15, 0.2) is 35.1 Å². The first-order valence-electron chi connectivity index (χ1n) is 7.57. The Morgan fingerprint density at radius 3 is 2.82 bits per heavy atom. The number of methoxy groups -OCH3 is 1. The number of aryl methyl sites for hydroxylation is 1. The Bertz CT molecular complexity index is 694. The average molecular weight is 299 g/mol. The molecule has 1 atom stereocenters. The number of likely N-dealkylation sites (tertiary alicyclic amines) is 1. The van der Waals surface area contributed by atoms with Gasteiger partial charge in [0.1, 0.15) is 11.6 Å². The summed E-state index contributed by atoms with van der Waals surface area (Å²) in [5.41, 5.74) is 2.13. The highest BCUT2D eigenvalue weighted by molar-refractivity contribution is 5.27. The molecule has 116 valence electrons. The van der Waals surface area contributed by atoms with E-state index in [1.807, 2.05) is 19.1 Å². The zero-order valence-electron chi connectivity index (χ0n) is 13.0. The second-order valence-electron chi connectivity index (χ2n) is 5.82. The Labute approximate surface area is 130 Å². The molecule has 1 aliphatic rings. The first kappa shape index (κ1) is 14.8. The summed E-state index contributed by atoms with van der Waals surface area (Å²) in [5, 5.41) is 0. The lowest BCUT2D eigenvalue weighted by molar-refractivity contribution is 0.326. The van der Waals surface area contributed by atoms with Gasteiger partial charge in [0.05, 0.1) is 12.8 Å². The third-order valence-corrected chi connectivity index (χ3v) is 4.14. The molecule has 1 saturated heterocycles. The average Bonchev–Trinajstić information content (AvgIpc) is 2.96. The summed E-state index contributed by atoms with van der Waals surface area (Å²) in [6, 6.07) is 9.81. The van der Waals surface area contributed by atoms with Gasteiger partial charge in [-0.25, -0.2) is 4.98 Å². The summed E-state index contributed by atoms with van der Waals surface area (Å²) in [6.45, 7) is 4.73. The van der Waals surface area contributed by atoms with E-state index in [-0.39, 0.29) is 5.56 Å². The van der Waals surface area contributed by atoms with Gasteiger partial charge in [-0.2, -0.15) is 0 Å². The van der Waals surface area contributed by atoms with Crippen molar-refractivity contribution >= 4 is 0 Å². The highest BCUT2D eigenvalue weighted by atomic mass is 16.5. The first-order valence-corrected chi connectivity index (χ1v) is 7.57. The van der Waals surface area contributed by atoms with Crippen molar-refractivity contribution in [2.24, 2.45) is 0 Å². The van der Waals surface area contributed by atoms with Gasteiger partial charge in [-0.05, 0) is 37.6 Å². The predicted octanol–water partition coefficient (Wildman–Crippen LogP) is 2.08. The van der Waals surface area contributed by atoms with Gasteiger partial charge in [0.2, 0.25) is 0 Å². The van der Waals surface area contributed by atoms with Crippen molar-refractivity contribution in [3.05, 3.63) is 57.8 Å². The van der Waals surface area contributed by atoms with E-state index in [9.17, 15) is 4.79 Å². The standard InChI is InChI=1S/C17H21N3O2/c1-12-18-16(9-17(21)19-12)14-7-8-20(11-14)10-13-3-5-15(22-2)6-4-13/h3-6,9,14H,7-8,10-11H2,1-2H3,(H,18,19,21)/t14-/m0/s1. The van der Waals surface area contributed by atoms with E-state index in [2.05, 4.69) is 27.0 Å². The molecule has 5 nitrogen and oxygen atoms in total. The molecule has 1 fully saturated rings. The summed E-state index contributed by atoms with van der Waals surface area (Å²) < 4.78 is 5.18. The minimum absolute atomic E-state index is 0.0592. The highest BCUT2D eigenvalue weighted by Crippen LogP contribution is 2.26. The van der Waals surface area contributed by atoms with E-state index in [0.29, 0.717) is 11.7 Å². The zero-order chi connectivity index (χ0) is 15.5. The van der Waals surface area contributed by atoms with Crippen molar-refractivity contribution in [1.29, 1.82) is 0 Å². The van der Waals surface area contributed by atoms with Crippen LogP contribution in [-0.4, -0.2) is 35.1 Å². The Morgan fingerprint density at radius 2 is 2.14 bits per heavy atom. The van der Waals surface area contributed by atoms with Crippen LogP contribution in [0.5, 0.6) is 5.75 Å². The molecule has 1 aromatic heterocycles. The third-order valence-electron chi connectivity index (χ3n) is 4.14. The van der Waals surface area contributed by atoms with Crippen LogP contribution in [0, 0.1) is 6.92 Å². The topological polar surface area (TPSA) is 58.2 Å². The molecule has 1 N–H and O–H groups in total. The summed E-state index contributed by atoms with van der Waals surface area (Å²) in [7, 11) is 1.68. The molecular formula is C17H21N3O2. The van der Waals surface area contributed by atoms with Crippen molar-refractivity contribution in [3.8, 4) is 5.75 Å². The number of hydrogen-bond donors (Lipinski definition) is 1. The maximum Gasteiger partial charge on any atom is 0.251 e. The number of ether oxygens (including phenoxy) is 1. The van der Waals surface area contributed by atoms with Crippen molar-refractivity contribution in [2.45, 2.75) is 25.8 Å². The quantitative estimate of drug-likeness (QED) is 0.939. The highest BCUT2D eigenvalue weighted by Gasteiger charge is 2.25. The molecule has 0 radical (unpaired) electrons. The molecule has 3 rings (SSSR count). The molecule has 0 amide bonds. The van der Waals surface area contributed by atoms with Gasteiger partial charge in [-0.15, -0.1) is 0 Å². The van der Waals surface area contributed by atoms with Crippen molar-refractivity contribution in [1.82, 2.24) is 14.9 Å². The summed E-state index contributed by atoms with van der Waals surface area (Å²) in [6.07, 6.45) is 1.05. The van der Waals surface area contributed by atoms with Gasteiger partial charge in [0, 0.05) is 25.1 Å². The molecule has 0 aliphatic carbocycles. The number of nitrogens with one attached hydrogen (secondary N) is 1. The maximum absolute atomic E-state index is 11.6.